The molecule has 0 radical (unpaired) electrons. The van der Waals surface area contributed by atoms with Crippen molar-refractivity contribution in [2.45, 2.75) is 33.6 Å². The van der Waals surface area contributed by atoms with Gasteiger partial charge in [-0.05, 0) is 70.8 Å². The molecule has 1 heterocycles. The molecule has 1 fully saturated rings. The molecule has 0 saturated carbocycles. The van der Waals surface area contributed by atoms with Crippen molar-refractivity contribution in [1.29, 1.82) is 0 Å². The summed E-state index contributed by atoms with van der Waals surface area (Å²) in [5.41, 5.74) is 2.60. The number of hydrogen-bond donors (Lipinski definition) is 2. The van der Waals surface area contributed by atoms with Crippen LogP contribution in [0.1, 0.15) is 32.3 Å². The first-order valence-corrected chi connectivity index (χ1v) is 10.1. The van der Waals surface area contributed by atoms with Gasteiger partial charge in [0, 0.05) is 45.0 Å². The third-order valence-electron chi connectivity index (χ3n) is 5.00. The normalized spacial score (nSPS) is 18.6. The van der Waals surface area contributed by atoms with Gasteiger partial charge in [0.2, 0.25) is 0 Å². The Labute approximate surface area is 159 Å². The summed E-state index contributed by atoms with van der Waals surface area (Å²) in [4.78, 5) is 9.65. The Morgan fingerprint density at radius 2 is 2.15 bits per heavy atom. The maximum atomic E-state index is 4.83. The van der Waals surface area contributed by atoms with Crippen LogP contribution in [0.25, 0.3) is 0 Å². The number of aryl methyl sites for hydroxylation is 1. The molecule has 0 bridgehead atoms. The molecular formula is C21H37N5. The van der Waals surface area contributed by atoms with Crippen LogP contribution in [0.4, 0.5) is 5.69 Å². The molecule has 2 rings (SSSR count). The highest BCUT2D eigenvalue weighted by Crippen LogP contribution is 2.16. The van der Waals surface area contributed by atoms with E-state index < -0.39 is 0 Å². The Bertz CT molecular complexity index is 557. The smallest absolute Gasteiger partial charge is 0.191 e. The second-order valence-corrected chi connectivity index (χ2v) is 7.34. The van der Waals surface area contributed by atoms with Gasteiger partial charge in [-0.1, -0.05) is 12.1 Å². The highest BCUT2D eigenvalue weighted by atomic mass is 15.2. The third-order valence-corrected chi connectivity index (χ3v) is 5.00. The number of nitrogens with one attached hydrogen (secondary N) is 2. The first-order chi connectivity index (χ1) is 12.6. The number of nitrogens with zero attached hydrogens (tertiary/aromatic N) is 3. The third kappa shape index (κ3) is 6.87. The zero-order chi connectivity index (χ0) is 18.8. The van der Waals surface area contributed by atoms with Gasteiger partial charge in [0.1, 0.15) is 0 Å². The highest BCUT2D eigenvalue weighted by Gasteiger charge is 2.16. The van der Waals surface area contributed by atoms with Gasteiger partial charge in [-0.3, -0.25) is 4.99 Å². The fourth-order valence-corrected chi connectivity index (χ4v) is 3.59. The van der Waals surface area contributed by atoms with Crippen LogP contribution in [0.15, 0.2) is 29.3 Å². The van der Waals surface area contributed by atoms with Gasteiger partial charge < -0.3 is 20.4 Å². The quantitative estimate of drug-likeness (QED) is 0.553. The fourth-order valence-electron chi connectivity index (χ4n) is 3.59. The van der Waals surface area contributed by atoms with Crippen molar-refractivity contribution >= 4 is 11.6 Å². The van der Waals surface area contributed by atoms with Crippen LogP contribution >= 0.6 is 0 Å². The van der Waals surface area contributed by atoms with Crippen molar-refractivity contribution in [3.8, 4) is 0 Å². The van der Waals surface area contributed by atoms with E-state index in [0.29, 0.717) is 5.92 Å². The highest BCUT2D eigenvalue weighted by molar-refractivity contribution is 5.79. The molecule has 0 aliphatic carbocycles. The van der Waals surface area contributed by atoms with E-state index in [0.717, 1.165) is 38.7 Å². The van der Waals surface area contributed by atoms with E-state index in [1.54, 1.807) is 0 Å². The van der Waals surface area contributed by atoms with Crippen molar-refractivity contribution in [2.24, 2.45) is 10.9 Å². The lowest BCUT2D eigenvalue weighted by Crippen LogP contribution is -2.42. The summed E-state index contributed by atoms with van der Waals surface area (Å²) in [6.07, 6.45) is 2.59. The van der Waals surface area contributed by atoms with Crippen molar-refractivity contribution in [3.05, 3.63) is 29.8 Å². The predicted molar refractivity (Wildman–Crippen MR) is 113 cm³/mol. The van der Waals surface area contributed by atoms with E-state index in [1.807, 2.05) is 0 Å². The summed E-state index contributed by atoms with van der Waals surface area (Å²) < 4.78 is 0. The maximum absolute atomic E-state index is 4.83. The van der Waals surface area contributed by atoms with Gasteiger partial charge in [0.15, 0.2) is 5.96 Å². The van der Waals surface area contributed by atoms with Crippen LogP contribution in [-0.2, 0) is 0 Å². The summed E-state index contributed by atoms with van der Waals surface area (Å²) >= 11 is 0. The number of likely N-dealkylation sites (N-methyl/N-ethyl adjacent to an activating group) is 1. The van der Waals surface area contributed by atoms with Gasteiger partial charge in [0.05, 0.1) is 0 Å². The minimum atomic E-state index is 0.684. The average molecular weight is 360 g/mol. The summed E-state index contributed by atoms with van der Waals surface area (Å²) in [6, 6.07) is 8.72. The fraction of sp³-hybridized carbons (Fsp3) is 0.667. The lowest BCUT2D eigenvalue weighted by Gasteiger charge is -2.28. The summed E-state index contributed by atoms with van der Waals surface area (Å²) in [5, 5.41) is 6.89. The Morgan fingerprint density at radius 3 is 2.85 bits per heavy atom. The first kappa shape index (κ1) is 20.6. The predicted octanol–water partition coefficient (Wildman–Crippen LogP) is 2.72. The van der Waals surface area contributed by atoms with Gasteiger partial charge >= 0.3 is 0 Å². The van der Waals surface area contributed by atoms with Crippen LogP contribution < -0.4 is 15.5 Å². The number of aliphatic imine (C=N–C) groups is 1. The number of piperidine rings is 1. The minimum absolute atomic E-state index is 0.684. The molecule has 2 N–H and O–H groups in total. The Hall–Kier alpha value is -1.75. The van der Waals surface area contributed by atoms with Crippen molar-refractivity contribution < 1.29 is 0 Å². The lowest BCUT2D eigenvalue weighted by molar-refractivity contribution is 0.214. The number of likely N-dealkylation sites (tertiary alicyclic amines) is 1. The molecule has 0 aromatic heterocycles. The summed E-state index contributed by atoms with van der Waals surface area (Å²) in [6.45, 7) is 13.5. The van der Waals surface area contributed by atoms with E-state index in [2.05, 4.69) is 72.5 Å². The monoisotopic (exact) mass is 359 g/mol. The van der Waals surface area contributed by atoms with E-state index in [4.69, 9.17) is 4.99 Å². The zero-order valence-corrected chi connectivity index (χ0v) is 17.1. The summed E-state index contributed by atoms with van der Waals surface area (Å²) in [5.74, 6) is 1.63. The average Bonchev–Trinajstić information content (AvgIpc) is 2.63. The number of anilines is 1. The number of benzene rings is 1. The summed E-state index contributed by atoms with van der Waals surface area (Å²) in [7, 11) is 2.21. The topological polar surface area (TPSA) is 42.9 Å². The molecule has 1 aliphatic heterocycles. The second kappa shape index (κ2) is 11.1. The molecule has 1 unspecified atom stereocenters. The first-order valence-electron chi connectivity index (χ1n) is 10.1. The second-order valence-electron chi connectivity index (χ2n) is 7.34. The Balaban J connectivity index is 1.83. The lowest BCUT2D eigenvalue weighted by atomic mass is 9.99. The van der Waals surface area contributed by atoms with Crippen LogP contribution in [-0.4, -0.2) is 63.7 Å². The van der Waals surface area contributed by atoms with Crippen molar-refractivity contribution in [2.75, 3.05) is 57.8 Å². The Morgan fingerprint density at radius 1 is 1.31 bits per heavy atom. The molecule has 0 spiro atoms. The van der Waals surface area contributed by atoms with Crippen LogP contribution in [0.5, 0.6) is 0 Å². The van der Waals surface area contributed by atoms with E-state index in [1.165, 1.54) is 37.2 Å². The molecule has 1 aliphatic rings. The molecule has 1 saturated heterocycles. The maximum Gasteiger partial charge on any atom is 0.191 e. The molecule has 1 aromatic rings. The van der Waals surface area contributed by atoms with Gasteiger partial charge in [-0.2, -0.15) is 0 Å². The molecule has 1 atom stereocenters. The van der Waals surface area contributed by atoms with Crippen LogP contribution in [0, 0.1) is 12.8 Å². The molecule has 0 amide bonds. The van der Waals surface area contributed by atoms with Gasteiger partial charge in [0.25, 0.3) is 0 Å². The molecular weight excluding hydrogens is 322 g/mol. The Kier molecular flexibility index (Phi) is 8.75. The molecule has 5 heteroatoms. The van der Waals surface area contributed by atoms with Crippen molar-refractivity contribution in [3.63, 3.8) is 0 Å². The van der Waals surface area contributed by atoms with Crippen LogP contribution in [0.3, 0.4) is 0 Å². The molecule has 26 heavy (non-hydrogen) atoms. The number of rotatable bonds is 8. The minimum Gasteiger partial charge on any atom is -0.370 e. The number of hydrogen-bond acceptors (Lipinski definition) is 3. The largest absolute Gasteiger partial charge is 0.370 e. The van der Waals surface area contributed by atoms with E-state index in [9.17, 15) is 0 Å². The van der Waals surface area contributed by atoms with Gasteiger partial charge in [-0.25, -0.2) is 0 Å². The van der Waals surface area contributed by atoms with Crippen LogP contribution in [0.2, 0.25) is 0 Å². The SMILES string of the molecule is CCNC(=NCC1CCCN(C)C1)NCCN(CC)c1cccc(C)c1. The zero-order valence-electron chi connectivity index (χ0n) is 17.1. The van der Waals surface area contributed by atoms with Crippen molar-refractivity contribution in [1.82, 2.24) is 15.5 Å². The molecule has 146 valence electrons. The molecule has 5 nitrogen and oxygen atoms in total. The van der Waals surface area contributed by atoms with E-state index in [-0.39, 0.29) is 0 Å². The van der Waals surface area contributed by atoms with E-state index >= 15 is 0 Å². The molecule has 1 aromatic carbocycles. The standard InChI is InChI=1S/C21H37N5/c1-5-22-21(24-16-19-10-8-13-25(4)17-19)23-12-14-26(6-2)20-11-7-9-18(3)15-20/h7,9,11,15,19H,5-6,8,10,12-14,16-17H2,1-4H3,(H2,22,23,24). The van der Waals surface area contributed by atoms with Gasteiger partial charge in [-0.15, -0.1) is 0 Å². The number of guanidine groups is 1.